The Morgan fingerprint density at radius 3 is 2.23 bits per heavy atom. The van der Waals surface area contributed by atoms with Crippen LogP contribution >= 0.6 is 0 Å². The quantitative estimate of drug-likeness (QED) is 0.653. The van der Waals surface area contributed by atoms with Crippen LogP contribution in [-0.2, 0) is 24.2 Å². The third-order valence-electron chi connectivity index (χ3n) is 4.73. The van der Waals surface area contributed by atoms with Crippen molar-refractivity contribution in [2.75, 3.05) is 23.0 Å². The Morgan fingerprint density at radius 2 is 1.67 bits per heavy atom. The zero-order valence-corrected chi connectivity index (χ0v) is 17.2. The Bertz CT molecular complexity index is 1000. The molecule has 9 heteroatoms. The van der Waals surface area contributed by atoms with Gasteiger partial charge in [-0.05, 0) is 61.4 Å². The van der Waals surface area contributed by atoms with Gasteiger partial charge < -0.3 is 15.4 Å². The molecule has 0 saturated carbocycles. The fraction of sp³-hybridized carbons (Fsp3) is 0.333. The molecule has 0 spiro atoms. The highest BCUT2D eigenvalue weighted by molar-refractivity contribution is 7.91. The number of amides is 2. The molecule has 3 rings (SSSR count). The van der Waals surface area contributed by atoms with Gasteiger partial charge in [0.1, 0.15) is 11.9 Å². The van der Waals surface area contributed by atoms with Crippen molar-refractivity contribution < 1.29 is 27.1 Å². The van der Waals surface area contributed by atoms with Gasteiger partial charge in [-0.2, -0.15) is 0 Å². The number of halogens is 1. The number of hydrogen-bond donors (Lipinski definition) is 2. The molecule has 0 bridgehead atoms. The van der Waals surface area contributed by atoms with Gasteiger partial charge in [0.05, 0.1) is 10.6 Å². The van der Waals surface area contributed by atoms with Crippen molar-refractivity contribution in [3.8, 4) is 0 Å². The molecule has 0 radical (unpaired) electrons. The first-order valence-electron chi connectivity index (χ1n) is 9.56. The first-order valence-corrected chi connectivity index (χ1v) is 11.2. The van der Waals surface area contributed by atoms with Gasteiger partial charge in [0.15, 0.2) is 9.84 Å². The predicted octanol–water partition coefficient (Wildman–Crippen LogP) is 2.99. The lowest BCUT2D eigenvalue weighted by Crippen LogP contribution is -2.27. The molecule has 2 atom stereocenters. The predicted molar refractivity (Wildman–Crippen MR) is 110 cm³/mol. The van der Waals surface area contributed by atoms with E-state index >= 15 is 0 Å². The van der Waals surface area contributed by atoms with E-state index in [0.717, 1.165) is 18.6 Å². The van der Waals surface area contributed by atoms with Crippen molar-refractivity contribution in [1.29, 1.82) is 0 Å². The van der Waals surface area contributed by atoms with Gasteiger partial charge in [-0.25, -0.2) is 12.8 Å². The Labute approximate surface area is 174 Å². The Balaban J connectivity index is 1.55. The monoisotopic (exact) mass is 434 g/mol. The fourth-order valence-corrected chi connectivity index (χ4v) is 4.61. The molecule has 160 valence electrons. The van der Waals surface area contributed by atoms with Gasteiger partial charge in [0.25, 0.3) is 5.91 Å². The third kappa shape index (κ3) is 5.64. The number of carbonyl (C=O) groups excluding carboxylic acids is 2. The molecule has 1 saturated heterocycles. The first-order chi connectivity index (χ1) is 14.2. The number of ether oxygens (including phenoxy) is 1. The first kappa shape index (κ1) is 21.9. The summed E-state index contributed by atoms with van der Waals surface area (Å²) in [6, 6.07) is 11.0. The summed E-state index contributed by atoms with van der Waals surface area (Å²) in [4.78, 5) is 24.4. The summed E-state index contributed by atoms with van der Waals surface area (Å²) in [5.74, 6) is -2.42. The van der Waals surface area contributed by atoms with Crippen molar-refractivity contribution >= 4 is 33.0 Å². The van der Waals surface area contributed by atoms with Crippen molar-refractivity contribution in [2.24, 2.45) is 5.92 Å². The molecule has 0 aromatic heterocycles. The average Bonchev–Trinajstić information content (AvgIpc) is 3.24. The van der Waals surface area contributed by atoms with E-state index in [0.29, 0.717) is 24.4 Å². The molecular formula is C21H23FN2O5S. The Morgan fingerprint density at radius 1 is 1.07 bits per heavy atom. The Kier molecular flexibility index (Phi) is 6.84. The van der Waals surface area contributed by atoms with Crippen LogP contribution in [0.25, 0.3) is 0 Å². The maximum absolute atomic E-state index is 13.0. The fourth-order valence-electron chi connectivity index (χ4n) is 3.05. The molecule has 1 fully saturated rings. The summed E-state index contributed by atoms with van der Waals surface area (Å²) in [7, 11) is -3.73. The molecule has 30 heavy (non-hydrogen) atoms. The maximum Gasteiger partial charge on any atom is 0.253 e. The number of rotatable bonds is 7. The summed E-state index contributed by atoms with van der Waals surface area (Å²) in [6.45, 7) is 2.09. The van der Waals surface area contributed by atoms with Crippen LogP contribution < -0.4 is 10.6 Å². The van der Waals surface area contributed by atoms with E-state index in [1.165, 1.54) is 19.1 Å². The van der Waals surface area contributed by atoms with Gasteiger partial charge in [0.2, 0.25) is 5.91 Å². The minimum Gasteiger partial charge on any atom is -0.368 e. The normalized spacial score (nSPS) is 17.3. The maximum atomic E-state index is 13.0. The number of nitrogens with one attached hydrogen (secondary N) is 2. The van der Waals surface area contributed by atoms with Crippen LogP contribution in [0.2, 0.25) is 0 Å². The van der Waals surface area contributed by atoms with Gasteiger partial charge in [0, 0.05) is 23.9 Å². The molecule has 7 nitrogen and oxygen atoms in total. The summed E-state index contributed by atoms with van der Waals surface area (Å²) in [5.41, 5.74) is 1.04. The van der Waals surface area contributed by atoms with Crippen LogP contribution in [0.4, 0.5) is 15.8 Å². The molecule has 2 aromatic rings. The average molecular weight is 434 g/mol. The zero-order chi connectivity index (χ0) is 21.7. The zero-order valence-electron chi connectivity index (χ0n) is 16.4. The van der Waals surface area contributed by atoms with Crippen LogP contribution in [0.1, 0.15) is 19.8 Å². The molecule has 1 aliphatic rings. The number of anilines is 2. The molecule has 0 aliphatic carbocycles. The number of sulfone groups is 1. The molecular weight excluding hydrogens is 411 g/mol. The van der Waals surface area contributed by atoms with Crippen LogP contribution in [0, 0.1) is 11.7 Å². The number of hydrogen-bond acceptors (Lipinski definition) is 5. The molecule has 2 N–H and O–H groups in total. The van der Waals surface area contributed by atoms with E-state index in [1.807, 2.05) is 0 Å². The summed E-state index contributed by atoms with van der Waals surface area (Å²) >= 11 is 0. The second-order valence-electron chi connectivity index (χ2n) is 7.19. The van der Waals surface area contributed by atoms with Gasteiger partial charge >= 0.3 is 0 Å². The standard InChI is InChI=1S/C21H23FN2O5S/c1-14(13-30(27,28)18-10-4-15(22)5-11-18)20(25)23-16-6-8-17(9-7-16)24-21(26)19-3-2-12-29-19/h4-11,14,19H,2-3,12-13H2,1H3,(H,23,25)(H,24,26)/t14-,19-/m0/s1. The van der Waals surface area contributed by atoms with Crippen molar-refractivity contribution in [1.82, 2.24) is 0 Å². The van der Waals surface area contributed by atoms with Crippen molar-refractivity contribution in [2.45, 2.75) is 30.8 Å². The van der Waals surface area contributed by atoms with Crippen molar-refractivity contribution in [3.63, 3.8) is 0 Å². The topological polar surface area (TPSA) is 102 Å². The highest BCUT2D eigenvalue weighted by Gasteiger charge is 2.24. The summed E-state index contributed by atoms with van der Waals surface area (Å²) in [6.07, 6.45) is 1.12. The lowest BCUT2D eigenvalue weighted by Gasteiger charge is -2.14. The van der Waals surface area contributed by atoms with Gasteiger partial charge in [-0.1, -0.05) is 6.92 Å². The SMILES string of the molecule is C[C@@H](CS(=O)(=O)c1ccc(F)cc1)C(=O)Nc1ccc(NC(=O)[C@@H]2CCCO2)cc1. The van der Waals surface area contributed by atoms with Crippen LogP contribution in [0.3, 0.4) is 0 Å². The van der Waals surface area contributed by atoms with E-state index in [9.17, 15) is 22.4 Å². The van der Waals surface area contributed by atoms with Crippen molar-refractivity contribution in [3.05, 3.63) is 54.3 Å². The summed E-state index contributed by atoms with van der Waals surface area (Å²) < 4.78 is 43.2. The van der Waals surface area contributed by atoms with Crippen LogP contribution in [0.15, 0.2) is 53.4 Å². The van der Waals surface area contributed by atoms with E-state index in [2.05, 4.69) is 10.6 Å². The largest absolute Gasteiger partial charge is 0.368 e. The smallest absolute Gasteiger partial charge is 0.253 e. The van der Waals surface area contributed by atoms with E-state index < -0.39 is 39.3 Å². The Hall–Kier alpha value is -2.78. The van der Waals surface area contributed by atoms with E-state index in [1.54, 1.807) is 24.3 Å². The van der Waals surface area contributed by atoms with Gasteiger partial charge in [-0.15, -0.1) is 0 Å². The lowest BCUT2D eigenvalue weighted by molar-refractivity contribution is -0.124. The molecule has 2 amide bonds. The van der Waals surface area contributed by atoms with E-state index in [4.69, 9.17) is 4.74 Å². The molecule has 1 heterocycles. The molecule has 0 unspecified atom stereocenters. The highest BCUT2D eigenvalue weighted by Crippen LogP contribution is 2.19. The second-order valence-corrected chi connectivity index (χ2v) is 9.23. The third-order valence-corrected chi connectivity index (χ3v) is 6.66. The van der Waals surface area contributed by atoms with Crippen LogP contribution in [-0.4, -0.2) is 38.7 Å². The van der Waals surface area contributed by atoms with E-state index in [-0.39, 0.29) is 10.8 Å². The molecule has 1 aliphatic heterocycles. The lowest BCUT2D eigenvalue weighted by atomic mass is 10.2. The summed E-state index contributed by atoms with van der Waals surface area (Å²) in [5, 5.41) is 5.42. The number of benzene rings is 2. The molecule has 2 aromatic carbocycles. The highest BCUT2D eigenvalue weighted by atomic mass is 32.2. The number of carbonyl (C=O) groups is 2. The minimum atomic E-state index is -3.73. The second kappa shape index (κ2) is 9.36. The minimum absolute atomic E-state index is 0.0325. The van der Waals surface area contributed by atoms with Gasteiger partial charge in [-0.3, -0.25) is 9.59 Å². The van der Waals surface area contributed by atoms with Crippen LogP contribution in [0.5, 0.6) is 0 Å².